The van der Waals surface area contributed by atoms with Crippen LogP contribution in [0, 0.1) is 0 Å². The van der Waals surface area contributed by atoms with Gasteiger partial charge in [0.1, 0.15) is 19.0 Å². The monoisotopic (exact) mass is 444 g/mol. The molecule has 3 aromatic rings. The molecule has 0 bridgehead atoms. The second kappa shape index (κ2) is 9.23. The molecule has 1 aliphatic heterocycles. The lowest BCUT2D eigenvalue weighted by molar-refractivity contribution is -0.115. The Hall–Kier alpha value is -2.98. The van der Waals surface area contributed by atoms with Crippen molar-refractivity contribution >= 4 is 45.5 Å². The van der Waals surface area contributed by atoms with E-state index in [0.29, 0.717) is 45.6 Å². The van der Waals surface area contributed by atoms with E-state index in [1.165, 1.54) is 23.1 Å². The molecule has 10 heteroatoms. The number of thioether (sulfide) groups is 1. The summed E-state index contributed by atoms with van der Waals surface area (Å²) in [7, 11) is 1.61. The van der Waals surface area contributed by atoms with Gasteiger partial charge in [0.05, 0.1) is 18.0 Å². The van der Waals surface area contributed by atoms with Crippen LogP contribution in [0.5, 0.6) is 17.2 Å². The number of benzene rings is 2. The highest BCUT2D eigenvalue weighted by atomic mass is 32.2. The zero-order chi connectivity index (χ0) is 20.9. The predicted molar refractivity (Wildman–Crippen MR) is 118 cm³/mol. The van der Waals surface area contributed by atoms with Gasteiger partial charge in [-0.2, -0.15) is 0 Å². The Balaban J connectivity index is 1.36. The molecule has 30 heavy (non-hydrogen) atoms. The van der Waals surface area contributed by atoms with E-state index in [1.54, 1.807) is 25.3 Å². The maximum Gasteiger partial charge on any atom is 0.237 e. The number of aromatic nitrogens is 2. The fourth-order valence-corrected chi connectivity index (χ4v) is 4.65. The first-order valence-electron chi connectivity index (χ1n) is 9.23. The van der Waals surface area contributed by atoms with Crippen LogP contribution < -0.4 is 24.8 Å². The Morgan fingerprint density at radius 1 is 1.17 bits per heavy atom. The molecule has 2 heterocycles. The van der Waals surface area contributed by atoms with Gasteiger partial charge in [-0.05, 0) is 31.2 Å². The topological polar surface area (TPSA) is 94.6 Å². The average molecular weight is 445 g/mol. The van der Waals surface area contributed by atoms with Crippen molar-refractivity contribution in [3.63, 3.8) is 0 Å². The van der Waals surface area contributed by atoms with Crippen LogP contribution in [-0.4, -0.2) is 41.7 Å². The predicted octanol–water partition coefficient (Wildman–Crippen LogP) is 4.18. The second-order valence-electron chi connectivity index (χ2n) is 6.31. The Kier molecular flexibility index (Phi) is 6.24. The number of hydrogen-bond donors (Lipinski definition) is 2. The van der Waals surface area contributed by atoms with Gasteiger partial charge in [-0.3, -0.25) is 4.79 Å². The lowest BCUT2D eigenvalue weighted by Crippen LogP contribution is -2.22. The van der Waals surface area contributed by atoms with Gasteiger partial charge >= 0.3 is 0 Å². The highest BCUT2D eigenvalue weighted by Crippen LogP contribution is 2.35. The van der Waals surface area contributed by atoms with Crippen molar-refractivity contribution in [1.82, 2.24) is 10.2 Å². The van der Waals surface area contributed by atoms with Gasteiger partial charge in [0.15, 0.2) is 15.8 Å². The smallest absolute Gasteiger partial charge is 0.237 e. The Bertz CT molecular complexity index is 1040. The molecule has 0 spiro atoms. The molecule has 156 valence electrons. The molecule has 0 saturated heterocycles. The summed E-state index contributed by atoms with van der Waals surface area (Å²) in [6, 6.07) is 12.9. The zero-order valence-corrected chi connectivity index (χ0v) is 18.0. The normalized spacial score (nSPS) is 13.4. The number of fused-ring (bicyclic) bond motifs is 1. The summed E-state index contributed by atoms with van der Waals surface area (Å²) < 4.78 is 17.1. The number of amides is 1. The minimum Gasteiger partial charge on any atom is -0.495 e. The highest BCUT2D eigenvalue weighted by molar-refractivity contribution is 8.02. The maximum atomic E-state index is 12.6. The molecule has 1 aliphatic rings. The molecule has 0 saturated carbocycles. The van der Waals surface area contributed by atoms with Crippen molar-refractivity contribution in [2.75, 3.05) is 31.0 Å². The standard InChI is InChI=1S/C20H20N4O4S2/c1-12(18(25)21-13-7-8-16-17(11-13)28-10-9-27-16)29-20-24-23-19(30-20)22-14-5-3-4-6-15(14)26-2/h3-8,11-12H,9-10H2,1-2H3,(H,21,25)(H,22,23). The molecule has 0 radical (unpaired) electrons. The fraction of sp³-hybridized carbons (Fsp3) is 0.250. The van der Waals surface area contributed by atoms with E-state index in [-0.39, 0.29) is 11.2 Å². The Morgan fingerprint density at radius 2 is 1.97 bits per heavy atom. The molecular formula is C20H20N4O4S2. The molecule has 1 atom stereocenters. The molecule has 0 aliphatic carbocycles. The first kappa shape index (κ1) is 20.3. The molecule has 2 N–H and O–H groups in total. The minimum atomic E-state index is -0.356. The SMILES string of the molecule is COc1ccccc1Nc1nnc(SC(C)C(=O)Nc2ccc3c(c2)OCCO3)s1. The van der Waals surface area contributed by atoms with E-state index in [0.717, 1.165) is 5.69 Å². The zero-order valence-electron chi connectivity index (χ0n) is 16.4. The van der Waals surface area contributed by atoms with E-state index in [9.17, 15) is 4.79 Å². The Labute approximate surface area is 182 Å². The number of rotatable bonds is 7. The van der Waals surface area contributed by atoms with E-state index in [2.05, 4.69) is 20.8 Å². The van der Waals surface area contributed by atoms with Crippen molar-refractivity contribution in [3.8, 4) is 17.2 Å². The van der Waals surface area contributed by atoms with Gasteiger partial charge in [0.2, 0.25) is 11.0 Å². The summed E-state index contributed by atoms with van der Waals surface area (Å²) in [5.41, 5.74) is 1.46. The summed E-state index contributed by atoms with van der Waals surface area (Å²) in [6.45, 7) is 2.85. The summed E-state index contributed by atoms with van der Waals surface area (Å²) in [4.78, 5) is 12.6. The second-order valence-corrected chi connectivity index (χ2v) is 8.87. The highest BCUT2D eigenvalue weighted by Gasteiger charge is 2.19. The van der Waals surface area contributed by atoms with Crippen LogP contribution in [0.2, 0.25) is 0 Å². The molecule has 2 aromatic carbocycles. The van der Waals surface area contributed by atoms with Crippen molar-refractivity contribution in [3.05, 3.63) is 42.5 Å². The number of ether oxygens (including phenoxy) is 3. The van der Waals surface area contributed by atoms with Crippen LogP contribution in [0.3, 0.4) is 0 Å². The maximum absolute atomic E-state index is 12.6. The minimum absolute atomic E-state index is 0.133. The average Bonchev–Trinajstić information content (AvgIpc) is 3.20. The van der Waals surface area contributed by atoms with Crippen molar-refractivity contribution < 1.29 is 19.0 Å². The lowest BCUT2D eigenvalue weighted by atomic mass is 10.2. The van der Waals surface area contributed by atoms with Gasteiger partial charge in [-0.15, -0.1) is 10.2 Å². The number of anilines is 3. The molecular weight excluding hydrogens is 424 g/mol. The third kappa shape index (κ3) is 4.77. The number of methoxy groups -OCH3 is 1. The summed E-state index contributed by atoms with van der Waals surface area (Å²) >= 11 is 2.72. The van der Waals surface area contributed by atoms with Crippen LogP contribution in [0.15, 0.2) is 46.8 Å². The third-order valence-electron chi connectivity index (χ3n) is 4.21. The quantitative estimate of drug-likeness (QED) is 0.524. The van der Waals surface area contributed by atoms with E-state index >= 15 is 0 Å². The van der Waals surface area contributed by atoms with Crippen molar-refractivity contribution in [2.24, 2.45) is 0 Å². The van der Waals surface area contributed by atoms with Gasteiger partial charge in [-0.1, -0.05) is 35.2 Å². The number of nitrogens with zero attached hydrogens (tertiary/aromatic N) is 2. The molecule has 8 nitrogen and oxygen atoms in total. The van der Waals surface area contributed by atoms with Gasteiger partial charge in [-0.25, -0.2) is 0 Å². The first-order chi connectivity index (χ1) is 14.6. The van der Waals surface area contributed by atoms with Crippen LogP contribution in [0.25, 0.3) is 0 Å². The first-order valence-corrected chi connectivity index (χ1v) is 10.9. The molecule has 4 rings (SSSR count). The van der Waals surface area contributed by atoms with E-state index in [4.69, 9.17) is 14.2 Å². The van der Waals surface area contributed by atoms with Gasteiger partial charge in [0.25, 0.3) is 0 Å². The largest absolute Gasteiger partial charge is 0.495 e. The van der Waals surface area contributed by atoms with Crippen LogP contribution in [-0.2, 0) is 4.79 Å². The number of nitrogens with one attached hydrogen (secondary N) is 2. The van der Waals surface area contributed by atoms with Crippen LogP contribution >= 0.6 is 23.1 Å². The molecule has 1 unspecified atom stereocenters. The van der Waals surface area contributed by atoms with E-state index in [1.807, 2.05) is 31.2 Å². The third-order valence-corrected chi connectivity index (χ3v) is 6.23. The Morgan fingerprint density at radius 3 is 2.80 bits per heavy atom. The van der Waals surface area contributed by atoms with Crippen LogP contribution in [0.1, 0.15) is 6.92 Å². The molecule has 0 fully saturated rings. The summed E-state index contributed by atoms with van der Waals surface area (Å²) in [5, 5.41) is 14.7. The number of para-hydroxylation sites is 2. The number of carbonyl (C=O) groups is 1. The number of carbonyl (C=O) groups excluding carboxylic acids is 1. The van der Waals surface area contributed by atoms with Gasteiger partial charge < -0.3 is 24.8 Å². The number of hydrogen-bond acceptors (Lipinski definition) is 9. The van der Waals surface area contributed by atoms with Gasteiger partial charge in [0, 0.05) is 11.8 Å². The summed E-state index contributed by atoms with van der Waals surface area (Å²) in [6.07, 6.45) is 0. The van der Waals surface area contributed by atoms with Crippen LogP contribution in [0.4, 0.5) is 16.5 Å². The summed E-state index contributed by atoms with van der Waals surface area (Å²) in [5.74, 6) is 1.90. The lowest BCUT2D eigenvalue weighted by Gasteiger charge is -2.19. The van der Waals surface area contributed by atoms with Crippen molar-refractivity contribution in [1.29, 1.82) is 0 Å². The van der Waals surface area contributed by atoms with E-state index < -0.39 is 0 Å². The fourth-order valence-electron chi connectivity index (χ4n) is 2.74. The molecule has 1 aromatic heterocycles. The molecule has 1 amide bonds. The van der Waals surface area contributed by atoms with Crippen molar-refractivity contribution in [2.45, 2.75) is 16.5 Å².